The molecular formula is C17H19NO3. The van der Waals surface area contributed by atoms with Crippen molar-refractivity contribution >= 4 is 5.97 Å². The Bertz CT molecular complexity index is 596. The average molecular weight is 285 g/mol. The van der Waals surface area contributed by atoms with Crippen LogP contribution in [0.5, 0.6) is 5.75 Å². The van der Waals surface area contributed by atoms with Crippen molar-refractivity contribution in [2.75, 3.05) is 13.7 Å². The lowest BCUT2D eigenvalue weighted by atomic mass is 10.1. The van der Waals surface area contributed by atoms with E-state index in [1.54, 1.807) is 12.1 Å². The lowest BCUT2D eigenvalue weighted by Gasteiger charge is -2.12. The van der Waals surface area contributed by atoms with Gasteiger partial charge in [0, 0.05) is 0 Å². The number of hydrogen-bond donors (Lipinski definition) is 1. The maximum Gasteiger partial charge on any atom is 0.341 e. The molecule has 2 rings (SSSR count). The zero-order valence-corrected chi connectivity index (χ0v) is 12.0. The Kier molecular flexibility index (Phi) is 5.35. The molecule has 0 saturated heterocycles. The molecule has 0 spiro atoms. The summed E-state index contributed by atoms with van der Waals surface area (Å²) >= 11 is 0. The molecule has 0 aliphatic heterocycles. The largest absolute Gasteiger partial charge is 0.488 e. The third-order valence-corrected chi connectivity index (χ3v) is 3.12. The molecule has 0 aliphatic carbocycles. The van der Waals surface area contributed by atoms with E-state index in [4.69, 9.17) is 15.2 Å². The molecule has 0 heterocycles. The molecule has 110 valence electrons. The lowest BCUT2D eigenvalue weighted by molar-refractivity contribution is 0.0595. The van der Waals surface area contributed by atoms with Crippen LogP contribution in [-0.2, 0) is 17.8 Å². The van der Waals surface area contributed by atoms with Crippen LogP contribution >= 0.6 is 0 Å². The van der Waals surface area contributed by atoms with E-state index in [-0.39, 0.29) is 0 Å². The number of hydrogen-bond acceptors (Lipinski definition) is 4. The van der Waals surface area contributed by atoms with Crippen molar-refractivity contribution in [1.29, 1.82) is 0 Å². The second-order valence-corrected chi connectivity index (χ2v) is 4.64. The Morgan fingerprint density at radius 1 is 1.10 bits per heavy atom. The van der Waals surface area contributed by atoms with Gasteiger partial charge in [0.2, 0.25) is 0 Å². The molecule has 0 fully saturated rings. The molecule has 2 aromatic rings. The number of carbonyl (C=O) groups is 1. The number of benzene rings is 2. The van der Waals surface area contributed by atoms with E-state index in [2.05, 4.69) is 0 Å². The van der Waals surface area contributed by atoms with Crippen LogP contribution in [0.15, 0.2) is 48.5 Å². The molecule has 0 saturated carbocycles. The fraction of sp³-hybridized carbons (Fsp3) is 0.235. The minimum atomic E-state index is -0.406. The maximum atomic E-state index is 11.9. The third-order valence-electron chi connectivity index (χ3n) is 3.12. The first kappa shape index (κ1) is 15.1. The zero-order chi connectivity index (χ0) is 15.1. The standard InChI is InChI=1S/C17H19NO3/c1-20-17(19)15-11-13(9-10-18)7-8-16(15)21-12-14-5-3-2-4-6-14/h2-8,11H,9-10,12,18H2,1H3. The highest BCUT2D eigenvalue weighted by Crippen LogP contribution is 2.22. The zero-order valence-electron chi connectivity index (χ0n) is 12.0. The van der Waals surface area contributed by atoms with Crippen molar-refractivity contribution in [1.82, 2.24) is 0 Å². The van der Waals surface area contributed by atoms with E-state index in [1.807, 2.05) is 36.4 Å². The summed E-state index contributed by atoms with van der Waals surface area (Å²) in [5, 5.41) is 0. The van der Waals surface area contributed by atoms with Gasteiger partial charge < -0.3 is 15.2 Å². The van der Waals surface area contributed by atoms with Crippen LogP contribution in [0.1, 0.15) is 21.5 Å². The number of nitrogens with two attached hydrogens (primary N) is 1. The van der Waals surface area contributed by atoms with Gasteiger partial charge in [-0.15, -0.1) is 0 Å². The molecule has 21 heavy (non-hydrogen) atoms. The van der Waals surface area contributed by atoms with E-state index in [1.165, 1.54) is 7.11 Å². The minimum absolute atomic E-state index is 0.404. The van der Waals surface area contributed by atoms with Gasteiger partial charge in [0.05, 0.1) is 7.11 Å². The number of esters is 1. The van der Waals surface area contributed by atoms with Crippen LogP contribution in [0.25, 0.3) is 0 Å². The maximum absolute atomic E-state index is 11.9. The monoisotopic (exact) mass is 285 g/mol. The van der Waals surface area contributed by atoms with Crippen molar-refractivity contribution in [3.05, 3.63) is 65.2 Å². The van der Waals surface area contributed by atoms with E-state index in [0.29, 0.717) is 30.9 Å². The predicted octanol–water partition coefficient (Wildman–Crippen LogP) is 2.55. The molecule has 0 aliphatic rings. The summed E-state index contributed by atoms with van der Waals surface area (Å²) in [4.78, 5) is 11.9. The second kappa shape index (κ2) is 7.45. The summed E-state index contributed by atoms with van der Waals surface area (Å²) in [5.41, 5.74) is 8.01. The Hall–Kier alpha value is -2.33. The first-order chi connectivity index (χ1) is 10.2. The first-order valence-corrected chi connectivity index (χ1v) is 6.82. The quantitative estimate of drug-likeness (QED) is 0.829. The summed E-state index contributed by atoms with van der Waals surface area (Å²) < 4.78 is 10.6. The predicted molar refractivity (Wildman–Crippen MR) is 81.3 cm³/mol. The topological polar surface area (TPSA) is 61.5 Å². The summed E-state index contributed by atoms with van der Waals surface area (Å²) in [5.74, 6) is 0.114. The molecule has 4 nitrogen and oxygen atoms in total. The minimum Gasteiger partial charge on any atom is -0.488 e. The van der Waals surface area contributed by atoms with E-state index in [9.17, 15) is 4.79 Å². The molecule has 0 amide bonds. The molecule has 0 aromatic heterocycles. The Morgan fingerprint density at radius 3 is 2.52 bits per heavy atom. The molecule has 2 N–H and O–H groups in total. The molecule has 2 aromatic carbocycles. The molecule has 0 bridgehead atoms. The van der Waals surface area contributed by atoms with Crippen LogP contribution in [0.2, 0.25) is 0 Å². The molecule has 4 heteroatoms. The summed E-state index contributed by atoms with van der Waals surface area (Å²) in [6.07, 6.45) is 0.711. The van der Waals surface area contributed by atoms with Crippen LogP contribution in [-0.4, -0.2) is 19.6 Å². The van der Waals surface area contributed by atoms with Gasteiger partial charge in [-0.2, -0.15) is 0 Å². The fourth-order valence-electron chi connectivity index (χ4n) is 2.03. The van der Waals surface area contributed by atoms with Crippen molar-refractivity contribution in [2.45, 2.75) is 13.0 Å². The van der Waals surface area contributed by atoms with E-state index < -0.39 is 5.97 Å². The van der Waals surface area contributed by atoms with Crippen molar-refractivity contribution < 1.29 is 14.3 Å². The smallest absolute Gasteiger partial charge is 0.341 e. The van der Waals surface area contributed by atoms with Crippen molar-refractivity contribution in [2.24, 2.45) is 5.73 Å². The highest BCUT2D eigenvalue weighted by molar-refractivity contribution is 5.92. The number of ether oxygens (including phenoxy) is 2. The lowest BCUT2D eigenvalue weighted by Crippen LogP contribution is -2.08. The highest BCUT2D eigenvalue weighted by Gasteiger charge is 2.14. The van der Waals surface area contributed by atoms with Gasteiger partial charge in [0.1, 0.15) is 17.9 Å². The van der Waals surface area contributed by atoms with Gasteiger partial charge in [-0.1, -0.05) is 36.4 Å². The Balaban J connectivity index is 2.19. The normalized spacial score (nSPS) is 10.2. The summed E-state index contributed by atoms with van der Waals surface area (Å²) in [6, 6.07) is 15.3. The van der Waals surface area contributed by atoms with Crippen LogP contribution in [0.4, 0.5) is 0 Å². The van der Waals surface area contributed by atoms with Crippen LogP contribution in [0, 0.1) is 0 Å². The summed E-state index contributed by atoms with van der Waals surface area (Å²) in [7, 11) is 1.36. The van der Waals surface area contributed by atoms with Crippen LogP contribution < -0.4 is 10.5 Å². The molecule has 0 unspecified atom stereocenters. The van der Waals surface area contributed by atoms with Gasteiger partial charge in [-0.25, -0.2) is 4.79 Å². The van der Waals surface area contributed by atoms with E-state index >= 15 is 0 Å². The third kappa shape index (κ3) is 4.07. The van der Waals surface area contributed by atoms with E-state index in [0.717, 1.165) is 11.1 Å². The van der Waals surface area contributed by atoms with Gasteiger partial charge in [-0.3, -0.25) is 0 Å². The Morgan fingerprint density at radius 2 is 1.86 bits per heavy atom. The molecular weight excluding hydrogens is 266 g/mol. The first-order valence-electron chi connectivity index (χ1n) is 6.82. The summed E-state index contributed by atoms with van der Waals surface area (Å²) in [6.45, 7) is 0.936. The number of rotatable bonds is 6. The van der Waals surface area contributed by atoms with Crippen molar-refractivity contribution in [3.63, 3.8) is 0 Å². The second-order valence-electron chi connectivity index (χ2n) is 4.64. The van der Waals surface area contributed by atoms with Crippen molar-refractivity contribution in [3.8, 4) is 5.75 Å². The molecule has 0 radical (unpaired) electrons. The van der Waals surface area contributed by atoms with Gasteiger partial charge in [-0.05, 0) is 36.2 Å². The van der Waals surface area contributed by atoms with Gasteiger partial charge in [0.25, 0.3) is 0 Å². The number of methoxy groups -OCH3 is 1. The average Bonchev–Trinajstić information content (AvgIpc) is 2.54. The SMILES string of the molecule is COC(=O)c1cc(CCN)ccc1OCc1ccccc1. The number of carbonyl (C=O) groups excluding carboxylic acids is 1. The van der Waals surface area contributed by atoms with Gasteiger partial charge >= 0.3 is 5.97 Å². The highest BCUT2D eigenvalue weighted by atomic mass is 16.5. The Labute approximate surface area is 124 Å². The fourth-order valence-corrected chi connectivity index (χ4v) is 2.03. The molecule has 0 atom stereocenters. The van der Waals surface area contributed by atoms with Crippen LogP contribution in [0.3, 0.4) is 0 Å². The van der Waals surface area contributed by atoms with Gasteiger partial charge in [0.15, 0.2) is 0 Å².